The van der Waals surface area contributed by atoms with Crippen LogP contribution in [-0.2, 0) is 4.79 Å². The second-order valence-electron chi connectivity index (χ2n) is 4.51. The number of Topliss-reactive ketones (excluding diaryl/α,β-unsaturated/α-hetero) is 1. The molecule has 0 amide bonds. The summed E-state index contributed by atoms with van der Waals surface area (Å²) in [4.78, 5) is 12.3. The number of carbonyl (C=O) groups excluding carboxylic acids is 1. The van der Waals surface area contributed by atoms with Gasteiger partial charge in [0.15, 0.2) is 5.78 Å². The van der Waals surface area contributed by atoms with Gasteiger partial charge in [-0.3, -0.25) is 4.79 Å². The van der Waals surface area contributed by atoms with Gasteiger partial charge < -0.3 is 0 Å². The molecule has 1 aliphatic carbocycles. The SMILES string of the molecule is O=C1C(=C2SCCS2)CC/C1=C\c1ccc(F)cc1. The van der Waals surface area contributed by atoms with Crippen molar-refractivity contribution >= 4 is 35.4 Å². The molecule has 98 valence electrons. The largest absolute Gasteiger partial charge is 0.289 e. The number of rotatable bonds is 1. The fourth-order valence-electron chi connectivity index (χ4n) is 2.26. The van der Waals surface area contributed by atoms with E-state index in [2.05, 4.69) is 0 Å². The van der Waals surface area contributed by atoms with Gasteiger partial charge in [0.2, 0.25) is 0 Å². The van der Waals surface area contributed by atoms with Crippen LogP contribution < -0.4 is 0 Å². The van der Waals surface area contributed by atoms with Crippen LogP contribution in [0.5, 0.6) is 0 Å². The summed E-state index contributed by atoms with van der Waals surface area (Å²) in [6.45, 7) is 0. The Morgan fingerprint density at radius 2 is 1.74 bits per heavy atom. The van der Waals surface area contributed by atoms with Crippen LogP contribution in [-0.4, -0.2) is 17.3 Å². The molecule has 2 aliphatic rings. The van der Waals surface area contributed by atoms with E-state index in [1.165, 1.54) is 16.4 Å². The average molecular weight is 292 g/mol. The number of carbonyl (C=O) groups is 1. The molecule has 0 N–H and O–H groups in total. The van der Waals surface area contributed by atoms with Crippen LogP contribution in [0.15, 0.2) is 39.6 Å². The van der Waals surface area contributed by atoms with Crippen molar-refractivity contribution in [2.45, 2.75) is 12.8 Å². The fraction of sp³-hybridized carbons (Fsp3) is 0.267. The Labute approximate surface area is 120 Å². The maximum atomic E-state index is 12.8. The quantitative estimate of drug-likeness (QED) is 0.720. The van der Waals surface area contributed by atoms with Crippen molar-refractivity contribution in [2.24, 2.45) is 0 Å². The van der Waals surface area contributed by atoms with E-state index < -0.39 is 0 Å². The summed E-state index contributed by atoms with van der Waals surface area (Å²) in [7, 11) is 0. The highest BCUT2D eigenvalue weighted by atomic mass is 32.2. The lowest BCUT2D eigenvalue weighted by atomic mass is 10.1. The first-order valence-electron chi connectivity index (χ1n) is 6.23. The molecule has 0 spiro atoms. The van der Waals surface area contributed by atoms with E-state index >= 15 is 0 Å². The summed E-state index contributed by atoms with van der Waals surface area (Å²) in [5.41, 5.74) is 2.73. The first-order chi connectivity index (χ1) is 9.24. The first-order valence-corrected chi connectivity index (χ1v) is 8.21. The molecule has 3 rings (SSSR count). The molecule has 1 saturated heterocycles. The first kappa shape index (κ1) is 13.0. The number of halogens is 1. The minimum absolute atomic E-state index is 0.182. The second-order valence-corrected chi connectivity index (χ2v) is 6.98. The Balaban J connectivity index is 1.85. The van der Waals surface area contributed by atoms with Crippen LogP contribution in [0.3, 0.4) is 0 Å². The smallest absolute Gasteiger partial charge is 0.186 e. The van der Waals surface area contributed by atoms with E-state index in [0.717, 1.165) is 41.1 Å². The lowest BCUT2D eigenvalue weighted by Crippen LogP contribution is -1.96. The van der Waals surface area contributed by atoms with Gasteiger partial charge in [0.25, 0.3) is 0 Å². The van der Waals surface area contributed by atoms with E-state index in [9.17, 15) is 9.18 Å². The van der Waals surface area contributed by atoms with Gasteiger partial charge in [0, 0.05) is 26.9 Å². The zero-order chi connectivity index (χ0) is 13.2. The van der Waals surface area contributed by atoms with Crippen molar-refractivity contribution in [3.8, 4) is 0 Å². The van der Waals surface area contributed by atoms with Gasteiger partial charge in [0.05, 0.1) is 0 Å². The molecular weight excluding hydrogens is 279 g/mol. The summed E-state index contributed by atoms with van der Waals surface area (Å²) >= 11 is 3.60. The lowest BCUT2D eigenvalue weighted by Gasteiger charge is -1.99. The highest BCUT2D eigenvalue weighted by molar-refractivity contribution is 8.25. The van der Waals surface area contributed by atoms with E-state index in [1.54, 1.807) is 35.7 Å². The summed E-state index contributed by atoms with van der Waals surface area (Å²) < 4.78 is 14.1. The minimum Gasteiger partial charge on any atom is -0.289 e. The van der Waals surface area contributed by atoms with Crippen LogP contribution in [0, 0.1) is 5.82 Å². The average Bonchev–Trinajstić information content (AvgIpc) is 3.03. The van der Waals surface area contributed by atoms with Gasteiger partial charge in [-0.05, 0) is 36.6 Å². The van der Waals surface area contributed by atoms with Gasteiger partial charge in [-0.25, -0.2) is 4.39 Å². The predicted octanol–water partition coefficient (Wildman–Crippen LogP) is 4.26. The molecule has 4 heteroatoms. The number of hydrogen-bond donors (Lipinski definition) is 0. The van der Waals surface area contributed by atoms with E-state index in [-0.39, 0.29) is 11.6 Å². The zero-order valence-corrected chi connectivity index (χ0v) is 12.0. The molecule has 1 heterocycles. The molecule has 1 saturated carbocycles. The molecule has 0 aromatic heterocycles. The molecule has 0 bridgehead atoms. The monoisotopic (exact) mass is 292 g/mol. The van der Waals surface area contributed by atoms with Crippen molar-refractivity contribution in [1.82, 2.24) is 0 Å². The third-order valence-electron chi connectivity index (χ3n) is 3.22. The standard InChI is InChI=1S/C15H13FOS2/c16-12-4-1-10(2-5-12)9-11-3-6-13(14(11)17)15-18-7-8-19-15/h1-2,4-5,9H,3,6-8H2/b11-9+. The summed E-state index contributed by atoms with van der Waals surface area (Å²) in [6, 6.07) is 6.27. The van der Waals surface area contributed by atoms with Crippen LogP contribution >= 0.6 is 23.5 Å². The Morgan fingerprint density at radius 3 is 2.42 bits per heavy atom. The van der Waals surface area contributed by atoms with Gasteiger partial charge in [-0.2, -0.15) is 0 Å². The summed E-state index contributed by atoms with van der Waals surface area (Å²) in [5.74, 6) is 2.14. The van der Waals surface area contributed by atoms with Crippen LogP contribution in [0.2, 0.25) is 0 Å². The second kappa shape index (κ2) is 5.55. The van der Waals surface area contributed by atoms with Crippen molar-refractivity contribution in [2.75, 3.05) is 11.5 Å². The molecule has 2 fully saturated rings. The summed E-state index contributed by atoms with van der Waals surface area (Å²) in [5, 5.41) is 0. The molecule has 1 aromatic rings. The topological polar surface area (TPSA) is 17.1 Å². The molecule has 1 nitrogen and oxygen atoms in total. The molecule has 1 aromatic carbocycles. The van der Waals surface area contributed by atoms with Gasteiger partial charge in [-0.15, -0.1) is 23.5 Å². The number of benzene rings is 1. The van der Waals surface area contributed by atoms with E-state index in [0.29, 0.717) is 0 Å². The molecule has 0 radical (unpaired) electrons. The molecule has 0 atom stereocenters. The van der Waals surface area contributed by atoms with Gasteiger partial charge in [0.1, 0.15) is 5.82 Å². The van der Waals surface area contributed by atoms with E-state index in [1.807, 2.05) is 6.08 Å². The fourth-order valence-corrected chi connectivity index (χ4v) is 4.87. The van der Waals surface area contributed by atoms with Gasteiger partial charge >= 0.3 is 0 Å². The third kappa shape index (κ3) is 2.79. The normalized spacial score (nSPS) is 21.7. The van der Waals surface area contributed by atoms with Crippen molar-refractivity contribution in [3.05, 3.63) is 51.0 Å². The van der Waals surface area contributed by atoms with Crippen LogP contribution in [0.25, 0.3) is 6.08 Å². The maximum absolute atomic E-state index is 12.8. The van der Waals surface area contributed by atoms with Crippen molar-refractivity contribution in [1.29, 1.82) is 0 Å². The number of allylic oxidation sites excluding steroid dienone is 2. The number of thioether (sulfide) groups is 2. The van der Waals surface area contributed by atoms with Crippen LogP contribution in [0.4, 0.5) is 4.39 Å². The summed E-state index contributed by atoms with van der Waals surface area (Å²) in [6.07, 6.45) is 3.54. The highest BCUT2D eigenvalue weighted by Gasteiger charge is 2.28. The molecule has 1 aliphatic heterocycles. The van der Waals surface area contributed by atoms with Gasteiger partial charge in [-0.1, -0.05) is 12.1 Å². The van der Waals surface area contributed by atoms with Crippen molar-refractivity contribution in [3.63, 3.8) is 0 Å². The third-order valence-corrected chi connectivity index (χ3v) is 6.02. The predicted molar refractivity (Wildman–Crippen MR) is 80.6 cm³/mol. The minimum atomic E-state index is -0.249. The number of hydrogen-bond acceptors (Lipinski definition) is 3. The van der Waals surface area contributed by atoms with Crippen molar-refractivity contribution < 1.29 is 9.18 Å². The molecule has 19 heavy (non-hydrogen) atoms. The maximum Gasteiger partial charge on any atom is 0.186 e. The Morgan fingerprint density at radius 1 is 1.05 bits per heavy atom. The van der Waals surface area contributed by atoms with Crippen LogP contribution in [0.1, 0.15) is 18.4 Å². The Kier molecular flexibility index (Phi) is 3.80. The van der Waals surface area contributed by atoms with E-state index in [4.69, 9.17) is 0 Å². The molecule has 0 unspecified atom stereocenters. The Bertz CT molecular complexity index is 564. The zero-order valence-electron chi connectivity index (χ0n) is 10.3. The highest BCUT2D eigenvalue weighted by Crippen LogP contribution is 2.43. The number of ketones is 1. The Hall–Kier alpha value is -1.00. The molecular formula is C15H13FOS2. The lowest BCUT2D eigenvalue weighted by molar-refractivity contribution is -0.111.